The SMILES string of the molecule is c1ccc(-c2cccc(-c3nc(-c4ccc5c(ccc6ccccc65)c4)nc(-c4cc(-n5c6ccccc6c6cc7ccccc7cc65)cc5oc6ccccc6c45)n3)c2)cc1. The molecule has 13 aromatic rings. The van der Waals surface area contributed by atoms with Gasteiger partial charge in [-0.2, -0.15) is 0 Å². The molecule has 3 aromatic heterocycles. The first-order valence-electron chi connectivity index (χ1n) is 20.9. The van der Waals surface area contributed by atoms with E-state index in [0.717, 1.165) is 71.9 Å². The minimum absolute atomic E-state index is 0.568. The highest BCUT2D eigenvalue weighted by molar-refractivity contribution is 6.16. The first-order chi connectivity index (χ1) is 30.7. The van der Waals surface area contributed by atoms with E-state index in [9.17, 15) is 0 Å². The van der Waals surface area contributed by atoms with Crippen LogP contribution in [-0.2, 0) is 0 Å². The zero-order valence-electron chi connectivity index (χ0n) is 33.3. The summed E-state index contributed by atoms with van der Waals surface area (Å²) in [6.45, 7) is 0. The fourth-order valence-corrected chi connectivity index (χ4v) is 9.45. The highest BCUT2D eigenvalue weighted by Crippen LogP contribution is 2.42. The molecular weight excluding hydrogens is 757 g/mol. The van der Waals surface area contributed by atoms with Crippen LogP contribution in [0.1, 0.15) is 0 Å². The number of fused-ring (bicyclic) bond motifs is 10. The predicted molar refractivity (Wildman–Crippen MR) is 256 cm³/mol. The van der Waals surface area contributed by atoms with Gasteiger partial charge in [-0.05, 0) is 85.9 Å². The molecule has 3 heterocycles. The molecule has 62 heavy (non-hydrogen) atoms. The van der Waals surface area contributed by atoms with Gasteiger partial charge in [-0.3, -0.25) is 0 Å². The Bertz CT molecular complexity index is 3940. The lowest BCUT2D eigenvalue weighted by molar-refractivity contribution is 0.668. The summed E-state index contributed by atoms with van der Waals surface area (Å²) in [4.78, 5) is 16.1. The molecule has 0 radical (unpaired) electrons. The minimum Gasteiger partial charge on any atom is -0.456 e. The molecule has 0 atom stereocenters. The van der Waals surface area contributed by atoms with Crippen LogP contribution in [0.4, 0.5) is 0 Å². The molecule has 0 aliphatic carbocycles. The van der Waals surface area contributed by atoms with E-state index in [1.165, 1.54) is 37.7 Å². The van der Waals surface area contributed by atoms with Crippen LogP contribution in [0.15, 0.2) is 211 Å². The van der Waals surface area contributed by atoms with Crippen LogP contribution in [0.2, 0.25) is 0 Å². The summed E-state index contributed by atoms with van der Waals surface area (Å²) in [6.07, 6.45) is 0. The van der Waals surface area contributed by atoms with Gasteiger partial charge < -0.3 is 8.98 Å². The Morgan fingerprint density at radius 3 is 1.81 bits per heavy atom. The minimum atomic E-state index is 0.568. The first-order valence-corrected chi connectivity index (χ1v) is 20.9. The molecule has 0 amide bonds. The van der Waals surface area contributed by atoms with Gasteiger partial charge in [0.1, 0.15) is 11.2 Å². The Kier molecular flexibility index (Phi) is 7.54. The van der Waals surface area contributed by atoms with Gasteiger partial charge in [-0.15, -0.1) is 0 Å². The summed E-state index contributed by atoms with van der Waals surface area (Å²) in [5.74, 6) is 1.76. The Balaban J connectivity index is 1.10. The predicted octanol–water partition coefficient (Wildman–Crippen LogP) is 15.0. The summed E-state index contributed by atoms with van der Waals surface area (Å²) < 4.78 is 9.10. The zero-order chi connectivity index (χ0) is 40.7. The highest BCUT2D eigenvalue weighted by atomic mass is 16.3. The molecule has 10 aromatic carbocycles. The van der Waals surface area contributed by atoms with Gasteiger partial charge in [-0.25, -0.2) is 15.0 Å². The third kappa shape index (κ3) is 5.45. The molecule has 288 valence electrons. The number of hydrogen-bond acceptors (Lipinski definition) is 4. The molecule has 0 aliphatic heterocycles. The zero-order valence-corrected chi connectivity index (χ0v) is 33.3. The van der Waals surface area contributed by atoms with Crippen LogP contribution in [-0.4, -0.2) is 19.5 Å². The summed E-state index contributed by atoms with van der Waals surface area (Å²) in [5.41, 5.74) is 9.65. The number of benzene rings is 10. The van der Waals surface area contributed by atoms with Crippen molar-refractivity contribution in [3.05, 3.63) is 206 Å². The average Bonchev–Trinajstić information content (AvgIpc) is 3.88. The summed E-state index contributed by atoms with van der Waals surface area (Å²) >= 11 is 0. The van der Waals surface area contributed by atoms with Crippen molar-refractivity contribution in [3.8, 4) is 51.0 Å². The van der Waals surface area contributed by atoms with Crippen LogP contribution in [0.3, 0.4) is 0 Å². The normalized spacial score (nSPS) is 11.9. The van der Waals surface area contributed by atoms with Gasteiger partial charge in [0.05, 0.1) is 16.7 Å². The lowest BCUT2D eigenvalue weighted by atomic mass is 10.00. The molecule has 0 spiro atoms. The fourth-order valence-electron chi connectivity index (χ4n) is 9.45. The van der Waals surface area contributed by atoms with Gasteiger partial charge >= 0.3 is 0 Å². The van der Waals surface area contributed by atoms with Crippen molar-refractivity contribution in [2.24, 2.45) is 0 Å². The lowest BCUT2D eigenvalue weighted by Gasteiger charge is -2.14. The molecule has 13 rings (SSSR count). The molecule has 0 saturated carbocycles. The van der Waals surface area contributed by atoms with Gasteiger partial charge in [0.15, 0.2) is 17.5 Å². The van der Waals surface area contributed by atoms with Crippen LogP contribution in [0.25, 0.3) is 127 Å². The monoisotopic (exact) mass is 790 g/mol. The Morgan fingerprint density at radius 1 is 0.323 bits per heavy atom. The van der Waals surface area contributed by atoms with Gasteiger partial charge in [0.25, 0.3) is 0 Å². The molecule has 0 fully saturated rings. The second kappa shape index (κ2) is 13.6. The van der Waals surface area contributed by atoms with Crippen LogP contribution in [0.5, 0.6) is 0 Å². The van der Waals surface area contributed by atoms with Crippen molar-refractivity contribution in [3.63, 3.8) is 0 Å². The lowest BCUT2D eigenvalue weighted by Crippen LogP contribution is -2.02. The number of furan rings is 1. The van der Waals surface area contributed by atoms with E-state index >= 15 is 0 Å². The maximum absolute atomic E-state index is 6.74. The van der Waals surface area contributed by atoms with Gasteiger partial charge in [-0.1, -0.05) is 158 Å². The third-order valence-electron chi connectivity index (χ3n) is 12.4. The maximum Gasteiger partial charge on any atom is 0.164 e. The van der Waals surface area contributed by atoms with Crippen molar-refractivity contribution in [2.45, 2.75) is 0 Å². The number of rotatable bonds is 5. The largest absolute Gasteiger partial charge is 0.456 e. The van der Waals surface area contributed by atoms with Crippen LogP contribution >= 0.6 is 0 Å². The first kappa shape index (κ1) is 34.5. The smallest absolute Gasteiger partial charge is 0.164 e. The second-order valence-corrected chi connectivity index (χ2v) is 16.0. The molecule has 0 bridgehead atoms. The number of nitrogens with zero attached hydrogens (tertiary/aromatic N) is 4. The maximum atomic E-state index is 6.74. The standard InChI is InChI=1S/C57H34N4O/c1-2-13-35(14-3-1)37-18-12-19-41(29-37)55-58-56(42-27-28-45-40(30-42)26-25-36-15-6-7-20-44(36)45)60-57(59-55)49-33-43(34-53-54(49)47-22-9-11-24-52(47)62-53)61-50-23-10-8-21-46(50)48-31-38-16-4-5-17-39(38)32-51(48)61/h1-34H. The topological polar surface area (TPSA) is 56.7 Å². The summed E-state index contributed by atoms with van der Waals surface area (Å²) in [7, 11) is 0. The van der Waals surface area contributed by atoms with Crippen molar-refractivity contribution in [1.29, 1.82) is 0 Å². The van der Waals surface area contributed by atoms with E-state index in [1.807, 2.05) is 18.2 Å². The second-order valence-electron chi connectivity index (χ2n) is 16.0. The van der Waals surface area contributed by atoms with E-state index < -0.39 is 0 Å². The van der Waals surface area contributed by atoms with Crippen molar-refractivity contribution < 1.29 is 4.42 Å². The van der Waals surface area contributed by atoms with Crippen LogP contribution < -0.4 is 0 Å². The molecule has 0 unspecified atom stereocenters. The van der Waals surface area contributed by atoms with E-state index in [4.69, 9.17) is 19.4 Å². The summed E-state index contributed by atoms with van der Waals surface area (Å²) in [6, 6.07) is 72.8. The Hall–Kier alpha value is -8.41. The van der Waals surface area contributed by atoms with Crippen molar-refractivity contribution in [1.82, 2.24) is 19.5 Å². The van der Waals surface area contributed by atoms with Crippen molar-refractivity contribution >= 4 is 76.1 Å². The molecule has 0 saturated heterocycles. The van der Waals surface area contributed by atoms with E-state index in [2.05, 4.69) is 193 Å². The van der Waals surface area contributed by atoms with E-state index in [-0.39, 0.29) is 0 Å². The highest BCUT2D eigenvalue weighted by Gasteiger charge is 2.22. The Labute approximate surface area is 355 Å². The van der Waals surface area contributed by atoms with Gasteiger partial charge in [0, 0.05) is 44.3 Å². The Morgan fingerprint density at radius 2 is 0.952 bits per heavy atom. The number of para-hydroxylation sites is 2. The molecule has 5 heteroatoms. The average molecular weight is 791 g/mol. The van der Waals surface area contributed by atoms with E-state index in [1.54, 1.807) is 0 Å². The molecule has 0 aliphatic rings. The molecule has 5 nitrogen and oxygen atoms in total. The third-order valence-corrected chi connectivity index (χ3v) is 12.4. The van der Waals surface area contributed by atoms with E-state index in [0.29, 0.717) is 17.5 Å². The van der Waals surface area contributed by atoms with Crippen LogP contribution in [0, 0.1) is 0 Å². The van der Waals surface area contributed by atoms with Gasteiger partial charge in [0.2, 0.25) is 0 Å². The number of hydrogen-bond donors (Lipinski definition) is 0. The summed E-state index contributed by atoms with van der Waals surface area (Å²) in [5, 5.41) is 11.5. The fraction of sp³-hybridized carbons (Fsp3) is 0. The number of aromatic nitrogens is 4. The molecule has 0 N–H and O–H groups in total. The molecular formula is C57H34N4O. The quantitative estimate of drug-likeness (QED) is 0.163. The van der Waals surface area contributed by atoms with Crippen molar-refractivity contribution in [2.75, 3.05) is 0 Å².